The Balaban J connectivity index is 1.09. The topological polar surface area (TPSA) is 120 Å². The Morgan fingerprint density at radius 2 is 1.95 bits per heavy atom. The summed E-state index contributed by atoms with van der Waals surface area (Å²) in [6, 6.07) is 10.2. The first kappa shape index (κ1) is 27.6. The van der Waals surface area contributed by atoms with Crippen molar-refractivity contribution in [1.29, 1.82) is 0 Å². The van der Waals surface area contributed by atoms with Gasteiger partial charge in [0.25, 0.3) is 5.91 Å². The van der Waals surface area contributed by atoms with E-state index in [-0.39, 0.29) is 23.1 Å². The first-order chi connectivity index (χ1) is 21.4. The van der Waals surface area contributed by atoms with Crippen molar-refractivity contribution in [2.24, 2.45) is 11.1 Å². The number of nitrogens with one attached hydrogen (secondary N) is 1. The summed E-state index contributed by atoms with van der Waals surface area (Å²) in [6.07, 6.45) is 11.5. The fourth-order valence-electron chi connectivity index (χ4n) is 7.75. The number of hydrogen-bond acceptors (Lipinski definition) is 9. The minimum atomic E-state index is -0.193. The number of nitrogens with zero attached hydrogens (tertiary/aromatic N) is 5. The maximum atomic E-state index is 14.1. The molecule has 1 aliphatic carbocycles. The third-order valence-electron chi connectivity index (χ3n) is 10.2. The number of nitrogens with two attached hydrogens (primary N) is 1. The van der Waals surface area contributed by atoms with E-state index in [9.17, 15) is 9.90 Å². The van der Waals surface area contributed by atoms with Crippen LogP contribution in [-0.4, -0.2) is 88.2 Å². The second-order valence-corrected chi connectivity index (χ2v) is 13.6. The Hall–Kier alpha value is -3.91. The fraction of sp³-hybridized carbons (Fsp3) is 0.500. The van der Waals surface area contributed by atoms with E-state index in [4.69, 9.17) is 26.9 Å². The van der Waals surface area contributed by atoms with E-state index in [2.05, 4.69) is 21.0 Å². The number of carbonyl (C=O) groups is 1. The van der Waals surface area contributed by atoms with Gasteiger partial charge in [-0.15, -0.1) is 6.42 Å². The molecule has 2 unspecified atom stereocenters. The van der Waals surface area contributed by atoms with Gasteiger partial charge in [-0.05, 0) is 62.2 Å². The van der Waals surface area contributed by atoms with E-state index < -0.39 is 0 Å². The highest BCUT2D eigenvalue weighted by molar-refractivity contribution is 6.09. The van der Waals surface area contributed by atoms with Crippen LogP contribution in [-0.2, 0) is 13.1 Å². The molecule has 3 saturated heterocycles. The van der Waals surface area contributed by atoms with E-state index in [1.807, 2.05) is 18.2 Å². The van der Waals surface area contributed by atoms with E-state index in [0.29, 0.717) is 54.3 Å². The molecule has 5 heterocycles. The van der Waals surface area contributed by atoms with Crippen molar-refractivity contribution < 1.29 is 14.6 Å². The number of benzene rings is 2. The maximum Gasteiger partial charge on any atom is 0.318 e. The molecule has 8 rings (SSSR count). The summed E-state index contributed by atoms with van der Waals surface area (Å²) >= 11 is 0. The highest BCUT2D eigenvalue weighted by Gasteiger charge is 2.46. The zero-order valence-electron chi connectivity index (χ0n) is 25.0. The maximum absolute atomic E-state index is 14.1. The number of carbonyl (C=O) groups excluding carboxylic acids is 1. The average Bonchev–Trinajstić information content (AvgIpc) is 3.28. The number of piperazine rings is 1. The summed E-state index contributed by atoms with van der Waals surface area (Å²) in [5.74, 6) is 3.42. The van der Waals surface area contributed by atoms with Gasteiger partial charge in [0.2, 0.25) is 0 Å². The average molecular weight is 594 g/mol. The molecule has 3 atom stereocenters. The van der Waals surface area contributed by atoms with Crippen molar-refractivity contribution in [2.45, 2.75) is 63.3 Å². The molecule has 228 valence electrons. The molecule has 1 amide bonds. The van der Waals surface area contributed by atoms with Crippen molar-refractivity contribution in [3.8, 4) is 24.1 Å². The van der Waals surface area contributed by atoms with Crippen LogP contribution in [0, 0.1) is 17.8 Å². The number of hydrogen-bond donors (Lipinski definition) is 3. The van der Waals surface area contributed by atoms with Crippen LogP contribution >= 0.6 is 0 Å². The molecule has 1 saturated carbocycles. The predicted octanol–water partition coefficient (Wildman–Crippen LogP) is 2.61. The zero-order valence-corrected chi connectivity index (χ0v) is 25.0. The second kappa shape index (κ2) is 10.6. The molecular weight excluding hydrogens is 554 g/mol. The SMILES string of the molecule is C#Cc1cccc2cc(O)cc(C(=O)N3Cc4nc(OCC5(CN6CC[C@@H](N)C6)CC5)nc(N5CC6CCC(C5)N6)c4C3)c12. The number of terminal acetylenes is 1. The largest absolute Gasteiger partial charge is 0.508 e. The Morgan fingerprint density at radius 3 is 2.68 bits per heavy atom. The fourth-order valence-corrected chi connectivity index (χ4v) is 7.75. The Bertz CT molecular complexity index is 1670. The van der Waals surface area contributed by atoms with Gasteiger partial charge in [0.1, 0.15) is 11.6 Å². The third kappa shape index (κ3) is 5.03. The normalized spacial score (nSPS) is 25.3. The molecule has 4 aliphatic heterocycles. The number of rotatable bonds is 7. The van der Waals surface area contributed by atoms with Crippen molar-refractivity contribution in [1.82, 2.24) is 25.1 Å². The molecular formula is C34H39N7O3. The summed E-state index contributed by atoms with van der Waals surface area (Å²) in [7, 11) is 0. The van der Waals surface area contributed by atoms with Crippen LogP contribution in [0.5, 0.6) is 11.8 Å². The van der Waals surface area contributed by atoms with Crippen LogP contribution in [0.15, 0.2) is 30.3 Å². The lowest BCUT2D eigenvalue weighted by Crippen LogP contribution is -2.51. The number of ether oxygens (including phenoxy) is 1. The summed E-state index contributed by atoms with van der Waals surface area (Å²) in [4.78, 5) is 30.6. The summed E-state index contributed by atoms with van der Waals surface area (Å²) in [5.41, 5.74) is 9.11. The Morgan fingerprint density at radius 1 is 1.14 bits per heavy atom. The molecule has 4 N–H and O–H groups in total. The third-order valence-corrected chi connectivity index (χ3v) is 10.2. The number of amides is 1. The highest BCUT2D eigenvalue weighted by atomic mass is 16.5. The van der Waals surface area contributed by atoms with Gasteiger partial charge in [0, 0.05) is 66.2 Å². The van der Waals surface area contributed by atoms with Gasteiger partial charge in [-0.2, -0.15) is 9.97 Å². The van der Waals surface area contributed by atoms with Gasteiger partial charge >= 0.3 is 6.01 Å². The molecule has 0 radical (unpaired) electrons. The molecule has 2 bridgehead atoms. The molecule has 2 aromatic carbocycles. The minimum absolute atomic E-state index is 0.0316. The Labute approximate surface area is 257 Å². The number of aromatic hydroxyl groups is 1. The molecule has 4 fully saturated rings. The van der Waals surface area contributed by atoms with Gasteiger partial charge in [-0.1, -0.05) is 18.1 Å². The number of fused-ring (bicyclic) bond motifs is 4. The van der Waals surface area contributed by atoms with E-state index in [1.54, 1.807) is 11.0 Å². The molecule has 0 spiro atoms. The number of likely N-dealkylation sites (tertiary alicyclic amines) is 1. The van der Waals surface area contributed by atoms with E-state index in [1.165, 1.54) is 6.07 Å². The van der Waals surface area contributed by atoms with Crippen LogP contribution < -0.4 is 20.7 Å². The smallest absolute Gasteiger partial charge is 0.318 e. The Kier molecular flexibility index (Phi) is 6.67. The number of phenolic OH excluding ortho intramolecular Hbond substituents is 1. The van der Waals surface area contributed by atoms with Gasteiger partial charge in [0.15, 0.2) is 0 Å². The van der Waals surface area contributed by atoms with E-state index in [0.717, 1.165) is 87.3 Å². The van der Waals surface area contributed by atoms with Crippen molar-refractivity contribution in [2.75, 3.05) is 44.2 Å². The standard InChI is InChI=1S/C34H39N7O3/c1-2-21-4-3-5-22-12-26(42)13-27(30(21)22)32(43)41-17-28-29(18-41)37-33(38-31(28)40-15-24-6-7-25(16-40)36-24)44-20-34(9-10-34)19-39-11-8-23(35)14-39/h1,3-5,12-13,23-25,36,42H,6-11,14-20,35H2/t23-,24?,25?/m1/s1. The van der Waals surface area contributed by atoms with Crippen LogP contribution in [0.25, 0.3) is 10.8 Å². The lowest BCUT2D eigenvalue weighted by Gasteiger charge is -2.34. The van der Waals surface area contributed by atoms with Gasteiger partial charge < -0.3 is 35.6 Å². The molecule has 5 aliphatic rings. The summed E-state index contributed by atoms with van der Waals surface area (Å²) in [5, 5.41) is 15.6. The van der Waals surface area contributed by atoms with Crippen LogP contribution in [0.3, 0.4) is 0 Å². The monoisotopic (exact) mass is 593 g/mol. The molecule has 3 aromatic rings. The molecule has 1 aromatic heterocycles. The van der Waals surface area contributed by atoms with Crippen LogP contribution in [0.2, 0.25) is 0 Å². The predicted molar refractivity (Wildman–Crippen MR) is 168 cm³/mol. The van der Waals surface area contributed by atoms with Gasteiger partial charge in [-0.25, -0.2) is 0 Å². The van der Waals surface area contributed by atoms with Crippen molar-refractivity contribution in [3.05, 3.63) is 52.7 Å². The zero-order chi connectivity index (χ0) is 30.0. The van der Waals surface area contributed by atoms with Crippen LogP contribution in [0.1, 0.15) is 59.3 Å². The number of phenols is 1. The number of anilines is 1. The van der Waals surface area contributed by atoms with Gasteiger partial charge in [-0.3, -0.25) is 4.79 Å². The number of aromatic nitrogens is 2. The van der Waals surface area contributed by atoms with Crippen LogP contribution in [0.4, 0.5) is 5.82 Å². The first-order valence-corrected chi connectivity index (χ1v) is 15.9. The quantitative estimate of drug-likeness (QED) is 0.355. The molecule has 44 heavy (non-hydrogen) atoms. The molecule has 10 nitrogen and oxygen atoms in total. The molecule has 10 heteroatoms. The highest BCUT2D eigenvalue weighted by Crippen LogP contribution is 2.47. The lowest BCUT2D eigenvalue weighted by molar-refractivity contribution is 0.0752. The van der Waals surface area contributed by atoms with Gasteiger partial charge in [0.05, 0.1) is 31.0 Å². The lowest BCUT2D eigenvalue weighted by atomic mass is 9.98. The summed E-state index contributed by atoms with van der Waals surface area (Å²) < 4.78 is 6.40. The van der Waals surface area contributed by atoms with Crippen molar-refractivity contribution >= 4 is 22.5 Å². The summed E-state index contributed by atoms with van der Waals surface area (Å²) in [6.45, 7) is 6.05. The minimum Gasteiger partial charge on any atom is -0.508 e. The first-order valence-electron chi connectivity index (χ1n) is 15.9. The van der Waals surface area contributed by atoms with Crippen molar-refractivity contribution in [3.63, 3.8) is 0 Å². The second-order valence-electron chi connectivity index (χ2n) is 13.6. The van der Waals surface area contributed by atoms with E-state index >= 15 is 0 Å².